The van der Waals surface area contributed by atoms with Crippen molar-refractivity contribution < 1.29 is 17.9 Å². The molecule has 0 fully saturated rings. The molecule has 1 aromatic rings. The molecule has 0 saturated heterocycles. The second kappa shape index (κ2) is 64.1. The van der Waals surface area contributed by atoms with Gasteiger partial charge in [-0.2, -0.15) is 11.8 Å². The number of benzene rings is 1. The number of rotatable bonds is 0. The predicted octanol–water partition coefficient (Wildman–Crippen LogP) is 9.66. The molecule has 1 rings (SSSR count). The number of aryl methyl sites for hydroxylation is 1. The van der Waals surface area contributed by atoms with Crippen molar-refractivity contribution in [3.63, 3.8) is 0 Å². The maximum atomic E-state index is 9.63. The molecule has 0 atom stereocenters. The highest BCUT2D eigenvalue weighted by atomic mass is 32.2. The molecule has 270 valence electrons. The first-order valence-corrected chi connectivity index (χ1v) is 18.8. The third-order valence-corrected chi connectivity index (χ3v) is 0.940. The molecule has 0 radical (unpaired) electrons. The van der Waals surface area contributed by atoms with Crippen molar-refractivity contribution in [1.29, 1.82) is 0 Å². The largest absolute Gasteiger partial charge is 0.388 e. The Morgan fingerprint density at radius 2 is 0.977 bits per heavy atom. The Labute approximate surface area is 279 Å². The van der Waals surface area contributed by atoms with Gasteiger partial charge in [-0.1, -0.05) is 118 Å². The first kappa shape index (κ1) is 69.0. The molecular weight excluding hydrogens is 577 g/mol. The number of carbonyl (C=O) groups excluding carboxylic acids is 1. The van der Waals surface area contributed by atoms with E-state index in [9.17, 15) is 13.2 Å². The highest BCUT2D eigenvalue weighted by Gasteiger charge is 1.95. The molecule has 0 unspecified atom stereocenters. The first-order valence-electron chi connectivity index (χ1n) is 14.9. The minimum absolute atomic E-state index is 0.167. The topological polar surface area (TPSA) is 75.7 Å². The van der Waals surface area contributed by atoms with Crippen molar-refractivity contribution in [2.75, 3.05) is 74.5 Å². The molecule has 0 spiro atoms. The van der Waals surface area contributed by atoms with E-state index in [1.807, 2.05) is 84.7 Å². The van der Waals surface area contributed by atoms with Crippen molar-refractivity contribution in [1.82, 2.24) is 10.2 Å². The second-order valence-corrected chi connectivity index (χ2v) is 14.9. The van der Waals surface area contributed by atoms with Crippen LogP contribution in [0.1, 0.15) is 102 Å². The summed E-state index contributed by atoms with van der Waals surface area (Å²) in [4.78, 5) is 11.4. The van der Waals surface area contributed by atoms with Crippen LogP contribution in [0.5, 0.6) is 0 Å². The van der Waals surface area contributed by atoms with E-state index in [1.165, 1.54) is 25.8 Å². The van der Waals surface area contributed by atoms with Gasteiger partial charge in [-0.15, -0.1) is 0 Å². The van der Waals surface area contributed by atoms with E-state index in [0.717, 1.165) is 18.4 Å². The average Bonchev–Trinajstić information content (AvgIpc) is 2.74. The molecule has 1 N–H and O–H groups in total. The highest BCUT2D eigenvalue weighted by Crippen LogP contribution is 2.08. The van der Waals surface area contributed by atoms with Gasteiger partial charge in [0.15, 0.2) is 0 Å². The Hall–Kier alpha value is -0.930. The molecule has 8 heteroatoms. The van der Waals surface area contributed by atoms with Crippen LogP contribution in [0.25, 0.3) is 0 Å². The Morgan fingerprint density at radius 3 is 1.02 bits per heavy atom. The summed E-state index contributed by atoms with van der Waals surface area (Å²) in [5.41, 5.74) is 1.82. The fraction of sp³-hybridized carbons (Fsp3) is 0.800. The Balaban J connectivity index is -0.0000000355. The third-order valence-electron chi connectivity index (χ3n) is 0.940. The number of nitrogens with one attached hydrogen (secondary N) is 1. The van der Waals surface area contributed by atoms with Gasteiger partial charge in [0.05, 0.1) is 0 Å². The summed E-state index contributed by atoms with van der Waals surface area (Å²) >= 11 is 1.75. The van der Waals surface area contributed by atoms with E-state index in [4.69, 9.17) is 0 Å². The standard InChI is InChI=1S/C7H8.C5H12.C4H10.C3H9N.C3H6O.C3H8.C2H7N.C2H6O2S.C2H6O.C2H6S.C2H6/c1-7-5-3-2-4-6-7;1-5(2,3)4;2*1-4(2)3;1-3(2)4;2*1-3-2;1-5(2,3)4;2*1-3-2;1-2/h2-6H,1H3;1-4H3;4H,1-3H3;1-3H3;1-2H3;3H2,1-2H3;3H,1-2H3;1-2H3;2*1-2H3;1-2H3. The minimum atomic E-state index is -2.67. The van der Waals surface area contributed by atoms with Crippen molar-refractivity contribution in [2.24, 2.45) is 11.3 Å². The second-order valence-electron chi connectivity index (χ2n) is 11.8. The number of hydrogen-bond donors (Lipinski definition) is 1. The molecule has 1 aromatic carbocycles. The van der Waals surface area contributed by atoms with Gasteiger partial charge in [0.25, 0.3) is 0 Å². The summed E-state index contributed by atoms with van der Waals surface area (Å²) in [5.74, 6) is 1.00. The fourth-order valence-electron chi connectivity index (χ4n) is 0.534. The van der Waals surface area contributed by atoms with Crippen LogP contribution in [0.2, 0.25) is 0 Å². The van der Waals surface area contributed by atoms with Gasteiger partial charge >= 0.3 is 0 Å². The van der Waals surface area contributed by atoms with Gasteiger partial charge in [-0.05, 0) is 79.9 Å². The number of ether oxygens (including phenoxy) is 1. The van der Waals surface area contributed by atoms with Gasteiger partial charge < -0.3 is 19.7 Å². The average molecular weight is 661 g/mol. The lowest BCUT2D eigenvalue weighted by molar-refractivity contribution is -0.115. The molecule has 43 heavy (non-hydrogen) atoms. The Morgan fingerprint density at radius 1 is 0.884 bits per heavy atom. The molecule has 0 aliphatic rings. The third kappa shape index (κ3) is 1250. The van der Waals surface area contributed by atoms with Gasteiger partial charge in [0.1, 0.15) is 15.6 Å². The molecule has 0 aliphatic carbocycles. The van der Waals surface area contributed by atoms with Crippen LogP contribution in [-0.4, -0.2) is 93.6 Å². The monoisotopic (exact) mass is 661 g/mol. The quantitative estimate of drug-likeness (QED) is 0.297. The van der Waals surface area contributed by atoms with Gasteiger partial charge in [-0.3, -0.25) is 0 Å². The van der Waals surface area contributed by atoms with Crippen LogP contribution in [-0.2, 0) is 19.4 Å². The molecule has 0 saturated carbocycles. The van der Waals surface area contributed by atoms with Gasteiger partial charge in [0, 0.05) is 26.7 Å². The number of nitrogens with zero attached hydrogens (tertiary/aromatic N) is 1. The summed E-state index contributed by atoms with van der Waals surface area (Å²) in [6.07, 6.45) is 7.65. The van der Waals surface area contributed by atoms with Crippen LogP contribution in [0, 0.1) is 18.3 Å². The number of thioether (sulfide) groups is 1. The van der Waals surface area contributed by atoms with Crippen molar-refractivity contribution >= 4 is 27.4 Å². The van der Waals surface area contributed by atoms with E-state index in [1.54, 1.807) is 26.0 Å². The van der Waals surface area contributed by atoms with Crippen molar-refractivity contribution in [2.45, 2.75) is 103 Å². The number of carbonyl (C=O) groups is 1. The van der Waals surface area contributed by atoms with Crippen LogP contribution in [0.3, 0.4) is 0 Å². The van der Waals surface area contributed by atoms with Crippen molar-refractivity contribution in [3.05, 3.63) is 35.9 Å². The Kier molecular flexibility index (Phi) is 103. The fourth-order valence-corrected chi connectivity index (χ4v) is 0.534. The zero-order chi connectivity index (χ0) is 37.7. The summed E-state index contributed by atoms with van der Waals surface area (Å²) in [5, 5.41) is 2.75. The molecule has 0 aliphatic heterocycles. The van der Waals surface area contributed by atoms with Crippen LogP contribution < -0.4 is 5.32 Å². The molecule has 0 heterocycles. The SMILES string of the molecule is CC.CC(C)(C)C.CC(C)=O.CC(C)C.CCC.CN(C)C.CNC.COC.CS(C)(=O)=O.CSC.Cc1ccccc1. The highest BCUT2D eigenvalue weighted by molar-refractivity contribution is 7.97. The predicted molar refractivity (Wildman–Crippen MR) is 208 cm³/mol. The normalized spacial score (nSPS) is 8.26. The van der Waals surface area contributed by atoms with Crippen LogP contribution in [0.4, 0.5) is 0 Å². The summed E-state index contributed by atoms with van der Waals surface area (Å²) in [6, 6.07) is 10.3. The summed E-state index contributed by atoms with van der Waals surface area (Å²) < 4.78 is 23.5. The molecule has 0 amide bonds. The smallest absolute Gasteiger partial charge is 0.144 e. The van der Waals surface area contributed by atoms with Crippen LogP contribution >= 0.6 is 11.8 Å². The molecular formula is C35H84N2O4S2. The van der Waals surface area contributed by atoms with Crippen LogP contribution in [0.15, 0.2) is 30.3 Å². The summed E-state index contributed by atoms with van der Waals surface area (Å²) in [7, 11) is 10.3. The Bertz CT molecular complexity index is 579. The zero-order valence-corrected chi connectivity index (χ0v) is 35.7. The number of methoxy groups -OCH3 is 1. The van der Waals surface area contributed by atoms with E-state index in [0.29, 0.717) is 5.41 Å². The summed E-state index contributed by atoms with van der Waals surface area (Å²) in [6.45, 7) is 28.6. The lowest BCUT2D eigenvalue weighted by atomic mass is 10.0. The maximum Gasteiger partial charge on any atom is 0.144 e. The lowest BCUT2D eigenvalue weighted by Crippen LogP contribution is -1.99. The molecule has 6 nitrogen and oxygen atoms in total. The van der Waals surface area contributed by atoms with E-state index in [2.05, 4.69) is 91.4 Å². The van der Waals surface area contributed by atoms with Crippen molar-refractivity contribution in [3.8, 4) is 0 Å². The number of ketones is 1. The minimum Gasteiger partial charge on any atom is -0.388 e. The van der Waals surface area contributed by atoms with E-state index < -0.39 is 9.84 Å². The number of hydrogen-bond acceptors (Lipinski definition) is 7. The van der Waals surface area contributed by atoms with E-state index >= 15 is 0 Å². The van der Waals surface area contributed by atoms with Gasteiger partial charge in [-0.25, -0.2) is 8.42 Å². The molecule has 0 bridgehead atoms. The maximum absolute atomic E-state index is 9.63. The number of Topliss-reactive ketones (excluding diaryl/α,β-unsaturated/α-hetero) is 1. The van der Waals surface area contributed by atoms with Gasteiger partial charge in [0.2, 0.25) is 0 Å². The first-order chi connectivity index (χ1) is 19.2. The zero-order valence-electron chi connectivity index (χ0n) is 34.1. The number of sulfone groups is 1. The lowest BCUT2D eigenvalue weighted by Gasteiger charge is -2.05. The molecule has 0 aromatic heterocycles. The van der Waals surface area contributed by atoms with E-state index in [-0.39, 0.29) is 5.78 Å².